The maximum atomic E-state index is 13.5. The number of hydrogen-bond donors (Lipinski definition) is 1. The fourth-order valence-electron chi connectivity index (χ4n) is 2.81. The van der Waals surface area contributed by atoms with Crippen molar-refractivity contribution in [3.63, 3.8) is 0 Å². The lowest BCUT2D eigenvalue weighted by atomic mass is 10.0. The Balaban J connectivity index is 2.71. The Kier molecular flexibility index (Phi) is 6.89. The van der Waals surface area contributed by atoms with Crippen molar-refractivity contribution in [2.75, 3.05) is 10.2 Å². The lowest BCUT2D eigenvalue weighted by molar-refractivity contribution is -0.119. The van der Waals surface area contributed by atoms with Crippen molar-refractivity contribution in [1.29, 1.82) is 0 Å². The molecule has 7 heteroatoms. The summed E-state index contributed by atoms with van der Waals surface area (Å²) in [5.74, 6) is -0.599. The van der Waals surface area contributed by atoms with E-state index in [2.05, 4.69) is 5.32 Å². The number of nitrogens with one attached hydrogen (secondary N) is 1. The number of hydrogen-bond acceptors (Lipinski definition) is 3. The molecule has 0 spiro atoms. The Morgan fingerprint density at radius 3 is 2.22 bits per heavy atom. The molecule has 146 valence electrons. The summed E-state index contributed by atoms with van der Waals surface area (Å²) < 4.78 is 28.3. The van der Waals surface area contributed by atoms with Crippen molar-refractivity contribution in [3.05, 3.63) is 59.7 Å². The highest BCUT2D eigenvalue weighted by Crippen LogP contribution is 2.36. The van der Waals surface area contributed by atoms with E-state index in [0.29, 0.717) is 11.4 Å². The van der Waals surface area contributed by atoms with Crippen molar-refractivity contribution in [1.82, 2.24) is 5.32 Å². The topological polar surface area (TPSA) is 66.5 Å². The van der Waals surface area contributed by atoms with Gasteiger partial charge in [-0.15, -0.1) is 11.6 Å². The zero-order valence-corrected chi connectivity index (χ0v) is 17.5. The summed E-state index contributed by atoms with van der Waals surface area (Å²) in [5.41, 5.74) is 2.95. The van der Waals surface area contributed by atoms with Crippen LogP contribution in [0.1, 0.15) is 37.8 Å². The molecule has 0 aliphatic rings. The van der Waals surface area contributed by atoms with Gasteiger partial charge in [0.2, 0.25) is 5.91 Å². The quantitative estimate of drug-likeness (QED) is 0.695. The number of amides is 1. The second kappa shape index (κ2) is 8.76. The summed E-state index contributed by atoms with van der Waals surface area (Å²) in [6.45, 7) is 7.22. The third kappa shape index (κ3) is 4.82. The molecule has 1 unspecified atom stereocenters. The Morgan fingerprint density at radius 2 is 1.70 bits per heavy atom. The molecular formula is C20H25ClN2O3S. The number of rotatable bonds is 7. The molecule has 0 bridgehead atoms. The van der Waals surface area contributed by atoms with Crippen LogP contribution in [0.3, 0.4) is 0 Å². The van der Waals surface area contributed by atoms with Gasteiger partial charge in [-0.05, 0) is 36.6 Å². The standard InChI is InChI=1S/C20H25ClN2O3S/c1-14(2)18-7-5-6-8-19(18)23(17-11-9-15(3)10-12-17)27(25,26)20(13-21)22-16(4)24/h5-12,14,20H,13H2,1-4H3,(H,22,24). The fourth-order valence-corrected chi connectivity index (χ4v) is 4.95. The first kappa shape index (κ1) is 21.3. The molecule has 27 heavy (non-hydrogen) atoms. The molecule has 0 saturated carbocycles. The highest BCUT2D eigenvalue weighted by atomic mass is 35.5. The molecule has 0 aromatic heterocycles. The average molecular weight is 409 g/mol. The third-order valence-electron chi connectivity index (χ3n) is 4.16. The minimum atomic E-state index is -4.01. The van der Waals surface area contributed by atoms with Gasteiger partial charge in [-0.2, -0.15) is 0 Å². The number of para-hydroxylation sites is 1. The molecule has 0 aliphatic carbocycles. The van der Waals surface area contributed by atoms with Crippen LogP contribution in [0.5, 0.6) is 0 Å². The van der Waals surface area contributed by atoms with E-state index in [1.54, 1.807) is 24.3 Å². The number of alkyl halides is 1. The van der Waals surface area contributed by atoms with Crippen LogP contribution in [-0.2, 0) is 14.8 Å². The number of nitrogens with zero attached hydrogens (tertiary/aromatic N) is 1. The lowest BCUT2D eigenvalue weighted by Crippen LogP contribution is -2.47. The maximum Gasteiger partial charge on any atom is 0.261 e. The SMILES string of the molecule is CC(=O)NC(CCl)S(=O)(=O)N(c1ccc(C)cc1)c1ccccc1C(C)C. The van der Waals surface area contributed by atoms with E-state index in [0.717, 1.165) is 11.1 Å². The summed E-state index contributed by atoms with van der Waals surface area (Å²) in [7, 11) is -4.01. The summed E-state index contributed by atoms with van der Waals surface area (Å²) >= 11 is 5.92. The molecule has 1 N–H and O–H groups in total. The molecule has 0 heterocycles. The monoisotopic (exact) mass is 408 g/mol. The number of halogens is 1. The smallest absolute Gasteiger partial charge is 0.261 e. The van der Waals surface area contributed by atoms with Crippen LogP contribution >= 0.6 is 11.6 Å². The minimum Gasteiger partial charge on any atom is -0.337 e. The Labute approximate surface area is 166 Å². The number of carbonyl (C=O) groups excluding carboxylic acids is 1. The van der Waals surface area contributed by atoms with Crippen molar-refractivity contribution in [3.8, 4) is 0 Å². The third-order valence-corrected chi connectivity index (χ3v) is 6.58. The van der Waals surface area contributed by atoms with Crippen LogP contribution in [0.4, 0.5) is 11.4 Å². The zero-order chi connectivity index (χ0) is 20.2. The first-order chi connectivity index (χ1) is 12.7. The molecule has 5 nitrogen and oxygen atoms in total. The first-order valence-electron chi connectivity index (χ1n) is 8.71. The average Bonchev–Trinajstić information content (AvgIpc) is 2.61. The second-order valence-electron chi connectivity index (χ2n) is 6.70. The van der Waals surface area contributed by atoms with Crippen molar-refractivity contribution in [2.24, 2.45) is 0 Å². The van der Waals surface area contributed by atoms with E-state index < -0.39 is 21.3 Å². The largest absolute Gasteiger partial charge is 0.337 e. The van der Waals surface area contributed by atoms with Gasteiger partial charge in [0.05, 0.1) is 17.3 Å². The molecule has 2 aromatic rings. The Hall–Kier alpha value is -2.05. The zero-order valence-electron chi connectivity index (χ0n) is 15.9. The molecular weight excluding hydrogens is 384 g/mol. The predicted octanol–water partition coefficient (Wildman–Crippen LogP) is 4.29. The van der Waals surface area contributed by atoms with Gasteiger partial charge >= 0.3 is 0 Å². The Morgan fingerprint density at radius 1 is 1.11 bits per heavy atom. The molecule has 0 aliphatic heterocycles. The number of sulfonamides is 1. The van der Waals surface area contributed by atoms with Gasteiger partial charge in [-0.1, -0.05) is 49.7 Å². The van der Waals surface area contributed by atoms with Crippen LogP contribution in [-0.4, -0.2) is 25.6 Å². The van der Waals surface area contributed by atoms with Gasteiger partial charge in [-0.3, -0.25) is 4.79 Å². The Bertz CT molecular complexity index is 896. The van der Waals surface area contributed by atoms with Gasteiger partial charge in [0.25, 0.3) is 10.0 Å². The molecule has 2 aromatic carbocycles. The molecule has 1 atom stereocenters. The van der Waals surface area contributed by atoms with Gasteiger partial charge < -0.3 is 5.32 Å². The number of aryl methyl sites for hydroxylation is 1. The van der Waals surface area contributed by atoms with Crippen molar-refractivity contribution in [2.45, 2.75) is 39.0 Å². The number of carbonyl (C=O) groups is 1. The van der Waals surface area contributed by atoms with E-state index in [1.165, 1.54) is 11.2 Å². The molecule has 0 radical (unpaired) electrons. The summed E-state index contributed by atoms with van der Waals surface area (Å²) in [5, 5.41) is 1.21. The van der Waals surface area contributed by atoms with E-state index in [-0.39, 0.29) is 11.8 Å². The van der Waals surface area contributed by atoms with E-state index in [9.17, 15) is 13.2 Å². The van der Waals surface area contributed by atoms with Crippen molar-refractivity contribution >= 4 is 38.9 Å². The number of anilines is 2. The highest BCUT2D eigenvalue weighted by molar-refractivity contribution is 7.93. The van der Waals surface area contributed by atoms with Gasteiger partial charge in [-0.25, -0.2) is 12.7 Å². The van der Waals surface area contributed by atoms with E-state index >= 15 is 0 Å². The van der Waals surface area contributed by atoms with Gasteiger partial charge in [0.15, 0.2) is 5.37 Å². The van der Waals surface area contributed by atoms with Crippen molar-refractivity contribution < 1.29 is 13.2 Å². The van der Waals surface area contributed by atoms with Crippen LogP contribution in [0.2, 0.25) is 0 Å². The summed E-state index contributed by atoms with van der Waals surface area (Å²) in [6.07, 6.45) is 0. The maximum absolute atomic E-state index is 13.5. The number of benzene rings is 2. The van der Waals surface area contributed by atoms with Crippen LogP contribution in [0, 0.1) is 6.92 Å². The molecule has 2 rings (SSSR count). The van der Waals surface area contributed by atoms with Crippen LogP contribution in [0.15, 0.2) is 48.5 Å². The minimum absolute atomic E-state index is 0.111. The fraction of sp³-hybridized carbons (Fsp3) is 0.350. The van der Waals surface area contributed by atoms with Crippen LogP contribution < -0.4 is 9.62 Å². The molecule has 0 saturated heterocycles. The van der Waals surface area contributed by atoms with Gasteiger partial charge in [0, 0.05) is 6.92 Å². The highest BCUT2D eigenvalue weighted by Gasteiger charge is 2.35. The summed E-state index contributed by atoms with van der Waals surface area (Å²) in [6, 6.07) is 14.6. The predicted molar refractivity (Wildman–Crippen MR) is 111 cm³/mol. The molecule has 1 amide bonds. The van der Waals surface area contributed by atoms with E-state index in [4.69, 9.17) is 11.6 Å². The van der Waals surface area contributed by atoms with E-state index in [1.807, 2.05) is 45.0 Å². The summed E-state index contributed by atoms with van der Waals surface area (Å²) in [4.78, 5) is 11.5. The normalized spacial score (nSPS) is 12.7. The lowest BCUT2D eigenvalue weighted by Gasteiger charge is -2.31. The molecule has 0 fully saturated rings. The van der Waals surface area contributed by atoms with Gasteiger partial charge in [0.1, 0.15) is 0 Å². The second-order valence-corrected chi connectivity index (χ2v) is 8.97. The van der Waals surface area contributed by atoms with Crippen LogP contribution in [0.25, 0.3) is 0 Å². The first-order valence-corrected chi connectivity index (χ1v) is 10.7.